The molecule has 1 rings (SSSR count). The van der Waals surface area contributed by atoms with Crippen LogP contribution in [-0.4, -0.2) is 35.6 Å². The highest BCUT2D eigenvalue weighted by Gasteiger charge is 2.14. The molecule has 0 atom stereocenters. The number of nitrogens with two attached hydrogens (primary N) is 1. The lowest BCUT2D eigenvalue weighted by molar-refractivity contribution is 0.0908. The smallest absolute Gasteiger partial charge is 0.272 e. The van der Waals surface area contributed by atoms with Gasteiger partial charge in [-0.1, -0.05) is 27.2 Å². The van der Waals surface area contributed by atoms with Crippen LogP contribution in [0.1, 0.15) is 55.8 Å². The third kappa shape index (κ3) is 5.13. The fourth-order valence-corrected chi connectivity index (χ4v) is 1.53. The van der Waals surface area contributed by atoms with Gasteiger partial charge >= 0.3 is 0 Å². The van der Waals surface area contributed by atoms with Crippen molar-refractivity contribution in [2.75, 3.05) is 25.5 Å². The summed E-state index contributed by atoms with van der Waals surface area (Å²) in [5, 5.41) is 2.75. The summed E-state index contributed by atoms with van der Waals surface area (Å²) in [5.74, 6) is 0.481. The number of ether oxygens (including phenoxy) is 1. The molecule has 3 N–H and O–H groups in total. The Balaban J connectivity index is 2.48. The highest BCUT2D eigenvalue weighted by molar-refractivity contribution is 5.96. The number of carbonyl (C=O) groups excluding carboxylic acids is 1. The number of hydrogen-bond donors (Lipinski definition) is 2. The molecule has 0 aliphatic heterocycles. The first-order chi connectivity index (χ1) is 9.56. The zero-order chi connectivity index (χ0) is 15.0. The van der Waals surface area contributed by atoms with Crippen molar-refractivity contribution in [2.24, 2.45) is 0 Å². The van der Waals surface area contributed by atoms with Gasteiger partial charge in [-0.25, -0.2) is 9.97 Å². The molecule has 0 saturated carbocycles. The molecule has 0 saturated heterocycles. The number of nitrogen functional groups attached to an aromatic ring is 1. The second-order valence-electron chi connectivity index (χ2n) is 4.91. The second kappa shape index (κ2) is 8.47. The quantitative estimate of drug-likeness (QED) is 0.708. The number of unbranched alkanes of at least 4 members (excludes halogenated alkanes) is 1. The molecule has 20 heavy (non-hydrogen) atoms. The van der Waals surface area contributed by atoms with Gasteiger partial charge in [0.15, 0.2) is 5.69 Å². The number of aromatic nitrogens is 2. The molecule has 0 fully saturated rings. The van der Waals surface area contributed by atoms with E-state index in [1.54, 1.807) is 0 Å². The third-order valence-corrected chi connectivity index (χ3v) is 2.74. The van der Waals surface area contributed by atoms with E-state index in [9.17, 15) is 4.79 Å². The van der Waals surface area contributed by atoms with E-state index in [0.717, 1.165) is 19.4 Å². The number of nitrogens with zero attached hydrogens (tertiary/aromatic N) is 2. The van der Waals surface area contributed by atoms with Gasteiger partial charge in [0.2, 0.25) is 0 Å². The number of anilines is 1. The van der Waals surface area contributed by atoms with Crippen molar-refractivity contribution >= 4 is 11.6 Å². The lowest BCUT2D eigenvalue weighted by atomic mass is 10.2. The van der Waals surface area contributed by atoms with Gasteiger partial charge in [0.25, 0.3) is 5.91 Å². The molecule has 0 aliphatic rings. The Bertz CT molecular complexity index is 435. The summed E-state index contributed by atoms with van der Waals surface area (Å²) >= 11 is 0. The van der Waals surface area contributed by atoms with Crippen LogP contribution in [0.3, 0.4) is 0 Å². The fraction of sp³-hybridized carbons (Fsp3) is 0.643. The summed E-state index contributed by atoms with van der Waals surface area (Å²) in [6.07, 6.45) is 3.61. The van der Waals surface area contributed by atoms with Crippen LogP contribution in [-0.2, 0) is 4.74 Å². The third-order valence-electron chi connectivity index (χ3n) is 2.74. The second-order valence-corrected chi connectivity index (χ2v) is 4.91. The number of hydrogen-bond acceptors (Lipinski definition) is 5. The molecule has 6 heteroatoms. The predicted octanol–water partition coefficient (Wildman–Crippen LogP) is 1.73. The Morgan fingerprint density at radius 1 is 1.45 bits per heavy atom. The molecule has 0 aromatic carbocycles. The van der Waals surface area contributed by atoms with E-state index in [4.69, 9.17) is 10.5 Å². The Morgan fingerprint density at radius 2 is 2.20 bits per heavy atom. The zero-order valence-corrected chi connectivity index (χ0v) is 12.5. The number of rotatable bonds is 8. The lowest BCUT2D eigenvalue weighted by Gasteiger charge is -2.09. The first kappa shape index (κ1) is 16.4. The standard InChI is InChI=1S/C14H24N4O2/c1-4-5-7-20-8-6-16-14(19)12-11(15)9-17-13(18-12)10(2)3/h9-10H,4-8,15H2,1-3H3,(H,16,19). The predicted molar refractivity (Wildman–Crippen MR) is 78.6 cm³/mol. The number of carbonyl (C=O) groups is 1. The molecular weight excluding hydrogens is 256 g/mol. The van der Waals surface area contributed by atoms with Gasteiger partial charge in [-0.15, -0.1) is 0 Å². The summed E-state index contributed by atoms with van der Waals surface area (Å²) in [5.41, 5.74) is 6.27. The minimum Gasteiger partial charge on any atom is -0.396 e. The molecule has 0 spiro atoms. The normalized spacial score (nSPS) is 10.8. The maximum absolute atomic E-state index is 12.0. The van der Waals surface area contributed by atoms with Crippen LogP contribution >= 0.6 is 0 Å². The van der Waals surface area contributed by atoms with Gasteiger partial charge in [-0.05, 0) is 6.42 Å². The number of nitrogens with one attached hydrogen (secondary N) is 1. The van der Waals surface area contributed by atoms with Crippen molar-refractivity contribution in [1.29, 1.82) is 0 Å². The molecule has 0 unspecified atom stereocenters. The van der Waals surface area contributed by atoms with E-state index in [-0.39, 0.29) is 17.5 Å². The molecule has 112 valence electrons. The summed E-state index contributed by atoms with van der Waals surface area (Å²) in [4.78, 5) is 20.3. The maximum atomic E-state index is 12.0. The van der Waals surface area contributed by atoms with Gasteiger partial charge in [0, 0.05) is 19.1 Å². The van der Waals surface area contributed by atoms with Crippen molar-refractivity contribution in [3.8, 4) is 0 Å². The summed E-state index contributed by atoms with van der Waals surface area (Å²) in [6, 6.07) is 0. The van der Waals surface area contributed by atoms with Gasteiger partial charge in [-0.3, -0.25) is 4.79 Å². The van der Waals surface area contributed by atoms with Crippen molar-refractivity contribution in [1.82, 2.24) is 15.3 Å². The largest absolute Gasteiger partial charge is 0.396 e. The molecule has 0 aliphatic carbocycles. The molecule has 1 heterocycles. The highest BCUT2D eigenvalue weighted by atomic mass is 16.5. The van der Waals surface area contributed by atoms with Gasteiger partial charge < -0.3 is 15.8 Å². The van der Waals surface area contributed by atoms with Crippen LogP contribution in [0.15, 0.2) is 6.20 Å². The first-order valence-corrected chi connectivity index (χ1v) is 7.04. The number of amides is 1. The molecule has 0 radical (unpaired) electrons. The van der Waals surface area contributed by atoms with E-state index < -0.39 is 0 Å². The van der Waals surface area contributed by atoms with Gasteiger partial charge in [0.1, 0.15) is 5.82 Å². The lowest BCUT2D eigenvalue weighted by Crippen LogP contribution is -2.29. The van der Waals surface area contributed by atoms with Crippen molar-refractivity contribution in [2.45, 2.75) is 39.5 Å². The summed E-state index contributed by atoms with van der Waals surface area (Å²) in [6.45, 7) is 7.70. The fourth-order valence-electron chi connectivity index (χ4n) is 1.53. The summed E-state index contributed by atoms with van der Waals surface area (Å²) in [7, 11) is 0. The van der Waals surface area contributed by atoms with Crippen molar-refractivity contribution < 1.29 is 9.53 Å². The minimum atomic E-state index is -0.286. The summed E-state index contributed by atoms with van der Waals surface area (Å²) < 4.78 is 5.37. The molecule has 6 nitrogen and oxygen atoms in total. The van der Waals surface area contributed by atoms with Crippen molar-refractivity contribution in [3.05, 3.63) is 17.7 Å². The van der Waals surface area contributed by atoms with Crippen LogP contribution in [0, 0.1) is 0 Å². The first-order valence-electron chi connectivity index (χ1n) is 7.04. The zero-order valence-electron chi connectivity index (χ0n) is 12.5. The van der Waals surface area contributed by atoms with E-state index >= 15 is 0 Å². The van der Waals surface area contributed by atoms with E-state index in [1.165, 1.54) is 6.20 Å². The molecule has 0 bridgehead atoms. The molecule has 1 amide bonds. The van der Waals surface area contributed by atoms with Crippen LogP contribution in [0.2, 0.25) is 0 Å². The van der Waals surface area contributed by atoms with E-state index in [1.807, 2.05) is 13.8 Å². The Hall–Kier alpha value is -1.69. The van der Waals surface area contributed by atoms with Crippen molar-refractivity contribution in [3.63, 3.8) is 0 Å². The van der Waals surface area contributed by atoms with Gasteiger partial charge in [-0.2, -0.15) is 0 Å². The average Bonchev–Trinajstić information content (AvgIpc) is 2.42. The highest BCUT2D eigenvalue weighted by Crippen LogP contribution is 2.13. The monoisotopic (exact) mass is 280 g/mol. The Morgan fingerprint density at radius 3 is 2.85 bits per heavy atom. The molecular formula is C14H24N4O2. The average molecular weight is 280 g/mol. The topological polar surface area (TPSA) is 90.1 Å². The SMILES string of the molecule is CCCCOCCNC(=O)c1nc(C(C)C)ncc1N. The minimum absolute atomic E-state index is 0.152. The van der Waals surface area contributed by atoms with Gasteiger partial charge in [0.05, 0.1) is 18.5 Å². The molecule has 1 aromatic rings. The van der Waals surface area contributed by atoms with E-state index in [2.05, 4.69) is 22.2 Å². The van der Waals surface area contributed by atoms with Crippen LogP contribution in [0.5, 0.6) is 0 Å². The van der Waals surface area contributed by atoms with E-state index in [0.29, 0.717) is 24.7 Å². The molecule has 1 aromatic heterocycles. The Labute approximate surface area is 120 Å². The van der Waals surface area contributed by atoms with Crippen LogP contribution in [0.25, 0.3) is 0 Å². The maximum Gasteiger partial charge on any atom is 0.272 e. The Kier molecular flexibility index (Phi) is 6.93. The van der Waals surface area contributed by atoms with Crippen LogP contribution < -0.4 is 11.1 Å². The van der Waals surface area contributed by atoms with Crippen LogP contribution in [0.4, 0.5) is 5.69 Å².